The van der Waals surface area contributed by atoms with Crippen LogP contribution in [0, 0.1) is 0 Å². The van der Waals surface area contributed by atoms with E-state index in [-0.39, 0.29) is 0 Å². The molecule has 0 saturated heterocycles. The minimum atomic E-state index is -0.972. The van der Waals surface area contributed by atoms with Crippen molar-refractivity contribution in [3.63, 3.8) is 0 Å². The number of hydrogen-bond acceptors (Lipinski definition) is 4. The first-order valence-electron chi connectivity index (χ1n) is 5.17. The molecular formula is C12H12BNO3. The molecule has 0 saturated carbocycles. The summed E-state index contributed by atoms with van der Waals surface area (Å²) >= 11 is 0. The second-order valence-corrected chi connectivity index (χ2v) is 3.29. The van der Waals surface area contributed by atoms with Crippen molar-refractivity contribution in [3.8, 4) is 11.5 Å². The molecule has 5 heteroatoms. The Morgan fingerprint density at radius 2 is 1.12 bits per heavy atom. The van der Waals surface area contributed by atoms with Crippen LogP contribution in [0.15, 0.2) is 60.7 Å². The standard InChI is InChI=1S/C12H12BNO3/c14-17-13(15-11-7-3-1-4-8-11)16-12-9-5-2-6-10-12/h1-10H,14H2. The first-order chi connectivity index (χ1) is 8.38. The molecule has 0 unspecified atom stereocenters. The molecule has 0 heterocycles. The second kappa shape index (κ2) is 5.93. The molecule has 2 N–H and O–H groups in total. The van der Waals surface area contributed by atoms with Gasteiger partial charge in [0.25, 0.3) is 0 Å². The zero-order chi connectivity index (χ0) is 11.9. The van der Waals surface area contributed by atoms with Gasteiger partial charge in [0, 0.05) is 0 Å². The summed E-state index contributed by atoms with van der Waals surface area (Å²) in [4.78, 5) is 0. The highest BCUT2D eigenvalue weighted by atomic mass is 16.8. The smallest absolute Gasteiger partial charge is 0.500 e. The molecule has 0 radical (unpaired) electrons. The van der Waals surface area contributed by atoms with E-state index >= 15 is 0 Å². The van der Waals surface area contributed by atoms with Gasteiger partial charge < -0.3 is 9.31 Å². The largest absolute Gasteiger partial charge is 0.805 e. The maximum Gasteiger partial charge on any atom is 0.805 e. The highest BCUT2D eigenvalue weighted by molar-refractivity contribution is 6.38. The summed E-state index contributed by atoms with van der Waals surface area (Å²) in [7, 11) is -0.972. The maximum absolute atomic E-state index is 5.40. The van der Waals surface area contributed by atoms with Crippen molar-refractivity contribution in [1.29, 1.82) is 0 Å². The van der Waals surface area contributed by atoms with Gasteiger partial charge >= 0.3 is 7.32 Å². The lowest BCUT2D eigenvalue weighted by Gasteiger charge is -2.13. The van der Waals surface area contributed by atoms with Crippen molar-refractivity contribution < 1.29 is 14.1 Å². The van der Waals surface area contributed by atoms with Gasteiger partial charge in [-0.25, -0.2) is 5.90 Å². The third-order valence-corrected chi connectivity index (χ3v) is 2.06. The Bertz CT molecular complexity index is 397. The van der Waals surface area contributed by atoms with E-state index in [1.54, 1.807) is 24.3 Å². The van der Waals surface area contributed by atoms with E-state index < -0.39 is 7.32 Å². The summed E-state index contributed by atoms with van der Waals surface area (Å²) in [6.45, 7) is 0. The van der Waals surface area contributed by atoms with E-state index in [1.165, 1.54) is 0 Å². The minimum Gasteiger partial charge on any atom is -0.500 e. The number of hydrogen-bond donors (Lipinski definition) is 1. The first kappa shape index (κ1) is 11.5. The first-order valence-corrected chi connectivity index (χ1v) is 5.17. The van der Waals surface area contributed by atoms with Crippen LogP contribution < -0.4 is 15.2 Å². The van der Waals surface area contributed by atoms with E-state index in [1.807, 2.05) is 36.4 Å². The van der Waals surface area contributed by atoms with Crippen molar-refractivity contribution in [3.05, 3.63) is 60.7 Å². The van der Waals surface area contributed by atoms with Gasteiger partial charge in [-0.1, -0.05) is 36.4 Å². The Morgan fingerprint density at radius 3 is 1.47 bits per heavy atom. The fourth-order valence-corrected chi connectivity index (χ4v) is 1.30. The molecule has 0 aliphatic rings. The van der Waals surface area contributed by atoms with Crippen LogP contribution in [0.4, 0.5) is 0 Å². The van der Waals surface area contributed by atoms with Gasteiger partial charge in [0.05, 0.1) is 0 Å². The minimum absolute atomic E-state index is 0.624. The molecule has 2 rings (SSSR count). The van der Waals surface area contributed by atoms with Crippen LogP contribution >= 0.6 is 0 Å². The molecule has 86 valence electrons. The van der Waals surface area contributed by atoms with Gasteiger partial charge in [0.15, 0.2) is 0 Å². The highest BCUT2D eigenvalue weighted by Crippen LogP contribution is 2.13. The summed E-state index contributed by atoms with van der Waals surface area (Å²) < 4.78 is 15.4. The summed E-state index contributed by atoms with van der Waals surface area (Å²) in [5.74, 6) is 6.37. The van der Waals surface area contributed by atoms with E-state index in [0.717, 1.165) is 0 Å². The average molecular weight is 229 g/mol. The predicted octanol–water partition coefficient (Wildman–Crippen LogP) is 2.02. The van der Waals surface area contributed by atoms with Crippen molar-refractivity contribution in [2.75, 3.05) is 0 Å². The lowest BCUT2D eigenvalue weighted by atomic mass is 10.2. The molecular weight excluding hydrogens is 217 g/mol. The molecule has 0 amide bonds. The van der Waals surface area contributed by atoms with Crippen LogP contribution in [0.1, 0.15) is 0 Å². The fourth-order valence-electron chi connectivity index (χ4n) is 1.30. The summed E-state index contributed by atoms with van der Waals surface area (Å²) in [6, 6.07) is 18.4. The van der Waals surface area contributed by atoms with Crippen molar-refractivity contribution in [2.24, 2.45) is 5.90 Å². The molecule has 0 aromatic heterocycles. The Morgan fingerprint density at radius 1 is 0.706 bits per heavy atom. The maximum atomic E-state index is 5.40. The van der Waals surface area contributed by atoms with Crippen LogP contribution in [-0.4, -0.2) is 7.32 Å². The third-order valence-electron chi connectivity index (χ3n) is 2.06. The predicted molar refractivity (Wildman–Crippen MR) is 65.2 cm³/mol. The average Bonchev–Trinajstić information content (AvgIpc) is 2.40. The van der Waals surface area contributed by atoms with Crippen LogP contribution in [0.25, 0.3) is 0 Å². The fraction of sp³-hybridized carbons (Fsp3) is 0. The summed E-state index contributed by atoms with van der Waals surface area (Å²) in [5.41, 5.74) is 0. The molecule has 2 aromatic carbocycles. The molecule has 0 atom stereocenters. The normalized spacial score (nSPS) is 9.71. The van der Waals surface area contributed by atoms with E-state index in [2.05, 4.69) is 4.76 Å². The van der Waals surface area contributed by atoms with Gasteiger partial charge in [-0.3, -0.25) is 4.76 Å². The van der Waals surface area contributed by atoms with Crippen LogP contribution in [0.2, 0.25) is 0 Å². The molecule has 2 aromatic rings. The Hall–Kier alpha value is -1.98. The number of benzene rings is 2. The zero-order valence-electron chi connectivity index (χ0n) is 9.15. The van der Waals surface area contributed by atoms with Gasteiger partial charge in [0.2, 0.25) is 0 Å². The molecule has 0 aliphatic heterocycles. The Balaban J connectivity index is 1.98. The summed E-state index contributed by atoms with van der Waals surface area (Å²) in [6.07, 6.45) is 0. The number of nitrogens with two attached hydrogens (primary N) is 1. The van der Waals surface area contributed by atoms with Crippen molar-refractivity contribution in [1.82, 2.24) is 0 Å². The van der Waals surface area contributed by atoms with Crippen molar-refractivity contribution in [2.45, 2.75) is 0 Å². The van der Waals surface area contributed by atoms with Crippen LogP contribution in [0.3, 0.4) is 0 Å². The number of para-hydroxylation sites is 2. The van der Waals surface area contributed by atoms with Gasteiger partial charge in [0.1, 0.15) is 11.5 Å². The Labute approximate surface area is 100 Å². The van der Waals surface area contributed by atoms with Crippen LogP contribution in [-0.2, 0) is 4.76 Å². The quantitative estimate of drug-likeness (QED) is 0.629. The molecule has 17 heavy (non-hydrogen) atoms. The zero-order valence-corrected chi connectivity index (χ0v) is 9.15. The second-order valence-electron chi connectivity index (χ2n) is 3.29. The SMILES string of the molecule is NOB(Oc1ccccc1)Oc1ccccc1. The third kappa shape index (κ3) is 3.51. The lowest BCUT2D eigenvalue weighted by Crippen LogP contribution is -2.36. The molecule has 0 spiro atoms. The molecule has 0 fully saturated rings. The lowest BCUT2D eigenvalue weighted by molar-refractivity contribution is 0.206. The molecule has 0 bridgehead atoms. The van der Waals surface area contributed by atoms with Gasteiger partial charge in [-0.05, 0) is 24.3 Å². The van der Waals surface area contributed by atoms with Crippen LogP contribution in [0.5, 0.6) is 11.5 Å². The van der Waals surface area contributed by atoms with E-state index in [4.69, 9.17) is 15.2 Å². The summed E-state index contributed by atoms with van der Waals surface area (Å²) in [5, 5.41) is 0. The van der Waals surface area contributed by atoms with Gasteiger partial charge in [-0.15, -0.1) is 0 Å². The van der Waals surface area contributed by atoms with E-state index in [9.17, 15) is 0 Å². The van der Waals surface area contributed by atoms with E-state index in [0.29, 0.717) is 11.5 Å². The monoisotopic (exact) mass is 229 g/mol. The molecule has 4 nitrogen and oxygen atoms in total. The topological polar surface area (TPSA) is 53.7 Å². The number of rotatable bonds is 5. The highest BCUT2D eigenvalue weighted by Gasteiger charge is 2.26. The molecule has 0 aliphatic carbocycles. The van der Waals surface area contributed by atoms with Crippen molar-refractivity contribution >= 4 is 7.32 Å². The Kier molecular flexibility index (Phi) is 4.02. The van der Waals surface area contributed by atoms with Gasteiger partial charge in [-0.2, -0.15) is 0 Å².